The quantitative estimate of drug-likeness (QED) is 0.516. The number of methoxy groups -OCH3 is 1. The van der Waals surface area contributed by atoms with Gasteiger partial charge >= 0.3 is 11.5 Å². The van der Waals surface area contributed by atoms with Gasteiger partial charge in [-0.3, -0.25) is 0 Å². The van der Waals surface area contributed by atoms with E-state index in [1.54, 1.807) is 6.07 Å². The van der Waals surface area contributed by atoms with Crippen LogP contribution in [0.3, 0.4) is 0 Å². The maximum atomic E-state index is 12.2. The lowest BCUT2D eigenvalue weighted by Crippen LogP contribution is -2.06. The van der Waals surface area contributed by atoms with Crippen molar-refractivity contribution in [3.63, 3.8) is 0 Å². The molecule has 0 amide bonds. The molecule has 0 bridgehead atoms. The first kappa shape index (κ1) is 14.7. The standard InChI is InChI=1S/C10H6F3NO2S2/c1-16-9(15)7-3-6(18-10(11,12)13)2-5(4-14)8(7)17/h2-3,17H,1H3. The van der Waals surface area contributed by atoms with Gasteiger partial charge in [-0.1, -0.05) is 0 Å². The van der Waals surface area contributed by atoms with Crippen LogP contribution in [0.4, 0.5) is 13.2 Å². The molecule has 0 radical (unpaired) electrons. The van der Waals surface area contributed by atoms with Crippen molar-refractivity contribution in [3.05, 3.63) is 23.3 Å². The van der Waals surface area contributed by atoms with Gasteiger partial charge in [0.2, 0.25) is 0 Å². The summed E-state index contributed by atoms with van der Waals surface area (Å²) < 4.78 is 41.1. The molecule has 8 heteroatoms. The van der Waals surface area contributed by atoms with E-state index in [9.17, 15) is 18.0 Å². The summed E-state index contributed by atoms with van der Waals surface area (Å²) in [5.74, 6) is -0.846. The van der Waals surface area contributed by atoms with Gasteiger partial charge < -0.3 is 4.74 Å². The summed E-state index contributed by atoms with van der Waals surface area (Å²) in [6.07, 6.45) is 0. The second-order valence-corrected chi connectivity index (χ2v) is 4.60. The van der Waals surface area contributed by atoms with Crippen molar-refractivity contribution in [1.82, 2.24) is 0 Å². The predicted octanol–water partition coefficient (Wildman–Crippen LogP) is 3.25. The number of alkyl halides is 3. The molecule has 0 saturated carbocycles. The molecule has 96 valence electrons. The Hall–Kier alpha value is -1.33. The first-order valence-corrected chi connectivity index (χ1v) is 5.66. The van der Waals surface area contributed by atoms with Crippen molar-refractivity contribution in [2.45, 2.75) is 15.3 Å². The molecule has 3 nitrogen and oxygen atoms in total. The van der Waals surface area contributed by atoms with Crippen LogP contribution in [0, 0.1) is 11.3 Å². The summed E-state index contributed by atoms with van der Waals surface area (Å²) in [5.41, 5.74) is -4.79. The lowest BCUT2D eigenvalue weighted by atomic mass is 10.1. The average molecular weight is 293 g/mol. The van der Waals surface area contributed by atoms with Crippen LogP contribution < -0.4 is 0 Å². The second-order valence-electron chi connectivity index (χ2n) is 3.02. The number of nitriles is 1. The average Bonchev–Trinajstić information content (AvgIpc) is 2.28. The number of benzene rings is 1. The van der Waals surface area contributed by atoms with Crippen molar-refractivity contribution in [2.75, 3.05) is 7.11 Å². The smallest absolute Gasteiger partial charge is 0.446 e. The number of carbonyl (C=O) groups is 1. The Morgan fingerprint density at radius 3 is 2.56 bits per heavy atom. The zero-order chi connectivity index (χ0) is 13.9. The minimum absolute atomic E-state index is 0.00382. The molecular weight excluding hydrogens is 287 g/mol. The summed E-state index contributed by atoms with van der Waals surface area (Å²) in [5, 5.41) is 8.78. The van der Waals surface area contributed by atoms with Crippen molar-refractivity contribution in [1.29, 1.82) is 5.26 Å². The third-order valence-electron chi connectivity index (χ3n) is 1.84. The van der Waals surface area contributed by atoms with Crippen LogP contribution in [0.2, 0.25) is 0 Å². The number of thioether (sulfide) groups is 1. The van der Waals surface area contributed by atoms with Crippen LogP contribution >= 0.6 is 24.4 Å². The maximum Gasteiger partial charge on any atom is 0.446 e. The highest BCUT2D eigenvalue weighted by molar-refractivity contribution is 8.00. The first-order valence-electron chi connectivity index (χ1n) is 4.39. The molecule has 0 atom stereocenters. The van der Waals surface area contributed by atoms with Crippen LogP contribution in [0.15, 0.2) is 21.9 Å². The fraction of sp³-hybridized carbons (Fsp3) is 0.200. The van der Waals surface area contributed by atoms with Gasteiger partial charge in [0.1, 0.15) is 6.07 Å². The van der Waals surface area contributed by atoms with Crippen molar-refractivity contribution in [3.8, 4) is 6.07 Å². The number of esters is 1. The van der Waals surface area contributed by atoms with E-state index in [0.29, 0.717) is 0 Å². The normalized spacial score (nSPS) is 10.9. The van der Waals surface area contributed by atoms with Crippen LogP contribution in [0.5, 0.6) is 0 Å². The molecule has 0 aliphatic rings. The molecule has 0 saturated heterocycles. The highest BCUT2D eigenvalue weighted by Crippen LogP contribution is 2.38. The van der Waals surface area contributed by atoms with E-state index in [-0.39, 0.29) is 20.9 Å². The van der Waals surface area contributed by atoms with Gasteiger partial charge in [-0.2, -0.15) is 18.4 Å². The highest BCUT2D eigenvalue weighted by Gasteiger charge is 2.30. The Bertz CT molecular complexity index is 523. The molecule has 1 rings (SSSR count). The summed E-state index contributed by atoms with van der Waals surface area (Å²) in [7, 11) is 1.09. The SMILES string of the molecule is COC(=O)c1cc(SC(F)(F)F)cc(C#N)c1S. The number of rotatable bonds is 2. The number of ether oxygens (including phenoxy) is 1. The molecule has 0 aliphatic carbocycles. The molecule has 0 aliphatic heterocycles. The highest BCUT2D eigenvalue weighted by atomic mass is 32.2. The molecule has 0 heterocycles. The van der Waals surface area contributed by atoms with E-state index in [0.717, 1.165) is 19.2 Å². The van der Waals surface area contributed by atoms with Crippen molar-refractivity contribution < 1.29 is 22.7 Å². The summed E-state index contributed by atoms with van der Waals surface area (Å²) >= 11 is 3.52. The molecule has 18 heavy (non-hydrogen) atoms. The van der Waals surface area contributed by atoms with E-state index in [2.05, 4.69) is 17.4 Å². The third-order valence-corrected chi connectivity index (χ3v) is 3.03. The Morgan fingerprint density at radius 1 is 1.50 bits per heavy atom. The van der Waals surface area contributed by atoms with Gasteiger partial charge in [0.25, 0.3) is 0 Å². The Balaban J connectivity index is 3.32. The van der Waals surface area contributed by atoms with Crippen LogP contribution in [-0.2, 0) is 4.74 Å². The Morgan fingerprint density at radius 2 is 2.11 bits per heavy atom. The molecule has 0 spiro atoms. The number of halogens is 3. The number of thiol groups is 1. The van der Waals surface area contributed by atoms with E-state index in [4.69, 9.17) is 5.26 Å². The van der Waals surface area contributed by atoms with Crippen LogP contribution in [0.1, 0.15) is 15.9 Å². The monoisotopic (exact) mass is 293 g/mol. The lowest BCUT2D eigenvalue weighted by molar-refractivity contribution is -0.0328. The lowest BCUT2D eigenvalue weighted by Gasteiger charge is -2.10. The van der Waals surface area contributed by atoms with Gasteiger partial charge in [-0.25, -0.2) is 4.79 Å². The minimum atomic E-state index is -4.50. The Labute approximate surface area is 110 Å². The van der Waals surface area contributed by atoms with Crippen LogP contribution in [-0.4, -0.2) is 18.6 Å². The molecular formula is C10H6F3NO2S2. The largest absolute Gasteiger partial charge is 0.465 e. The van der Waals surface area contributed by atoms with Crippen molar-refractivity contribution in [2.24, 2.45) is 0 Å². The summed E-state index contributed by atoms with van der Waals surface area (Å²) in [6.45, 7) is 0. The molecule has 0 unspecified atom stereocenters. The minimum Gasteiger partial charge on any atom is -0.465 e. The molecule has 0 aromatic heterocycles. The van der Waals surface area contributed by atoms with Crippen molar-refractivity contribution >= 4 is 30.4 Å². The third kappa shape index (κ3) is 3.58. The second kappa shape index (κ2) is 5.54. The number of hydrogen-bond acceptors (Lipinski definition) is 5. The fourth-order valence-corrected chi connectivity index (χ4v) is 2.04. The predicted molar refractivity (Wildman–Crippen MR) is 61.7 cm³/mol. The number of hydrogen-bond donors (Lipinski definition) is 1. The van der Waals surface area contributed by atoms with Gasteiger partial charge in [0.15, 0.2) is 0 Å². The van der Waals surface area contributed by atoms with E-state index >= 15 is 0 Å². The van der Waals surface area contributed by atoms with Gasteiger partial charge in [-0.15, -0.1) is 12.6 Å². The zero-order valence-electron chi connectivity index (χ0n) is 8.91. The zero-order valence-corrected chi connectivity index (χ0v) is 10.6. The maximum absolute atomic E-state index is 12.2. The van der Waals surface area contributed by atoms with Gasteiger partial charge in [-0.05, 0) is 23.9 Å². The molecule has 0 fully saturated rings. The van der Waals surface area contributed by atoms with Gasteiger partial charge in [0.05, 0.1) is 18.2 Å². The van der Waals surface area contributed by atoms with Gasteiger partial charge in [0, 0.05) is 9.79 Å². The summed E-state index contributed by atoms with van der Waals surface area (Å²) in [6, 6.07) is 3.69. The molecule has 1 aromatic rings. The molecule has 0 N–H and O–H groups in total. The van der Waals surface area contributed by atoms with E-state index < -0.39 is 23.2 Å². The number of nitrogens with zero attached hydrogens (tertiary/aromatic N) is 1. The fourth-order valence-electron chi connectivity index (χ4n) is 1.15. The van der Waals surface area contributed by atoms with E-state index in [1.165, 1.54) is 0 Å². The topological polar surface area (TPSA) is 50.1 Å². The van der Waals surface area contributed by atoms with E-state index in [1.807, 2.05) is 0 Å². The molecule has 1 aromatic carbocycles. The van der Waals surface area contributed by atoms with Crippen LogP contribution in [0.25, 0.3) is 0 Å². The Kier molecular flexibility index (Phi) is 4.53. The number of carbonyl (C=O) groups excluding carboxylic acids is 1. The first-order chi connectivity index (χ1) is 8.28. The summed E-state index contributed by atoms with van der Waals surface area (Å²) in [4.78, 5) is 11.1.